The summed E-state index contributed by atoms with van der Waals surface area (Å²) < 4.78 is 0. The summed E-state index contributed by atoms with van der Waals surface area (Å²) in [5.74, 6) is -0.998. The lowest BCUT2D eigenvalue weighted by Gasteiger charge is -2.00. The van der Waals surface area contributed by atoms with Crippen LogP contribution in [0.4, 0.5) is 0 Å². The van der Waals surface area contributed by atoms with Gasteiger partial charge in [-0.3, -0.25) is 9.59 Å². The molecule has 12 heavy (non-hydrogen) atoms. The van der Waals surface area contributed by atoms with Crippen molar-refractivity contribution in [2.24, 2.45) is 0 Å². The van der Waals surface area contributed by atoms with Gasteiger partial charge in [0.1, 0.15) is 0 Å². The van der Waals surface area contributed by atoms with E-state index in [1.54, 1.807) is 6.92 Å². The fourth-order valence-corrected chi connectivity index (χ4v) is 0.708. The van der Waals surface area contributed by atoms with Crippen molar-refractivity contribution in [2.75, 3.05) is 13.1 Å². The maximum atomic E-state index is 10.9. The van der Waals surface area contributed by atoms with Crippen molar-refractivity contribution >= 4 is 11.8 Å². The van der Waals surface area contributed by atoms with Crippen LogP contribution in [0.3, 0.4) is 0 Å². The summed E-state index contributed by atoms with van der Waals surface area (Å²) in [6, 6.07) is 0. The van der Waals surface area contributed by atoms with Crippen molar-refractivity contribution in [2.45, 2.75) is 13.3 Å². The monoisotopic (exact) mass is 171 g/mol. The van der Waals surface area contributed by atoms with Gasteiger partial charge in [-0.25, -0.2) is 0 Å². The zero-order chi connectivity index (χ0) is 9.56. The third kappa shape index (κ3) is 6.95. The van der Waals surface area contributed by atoms with Gasteiger partial charge in [0.2, 0.25) is 0 Å². The topological polar surface area (TPSA) is 66.4 Å². The van der Waals surface area contributed by atoms with Crippen LogP contribution < -0.4 is 5.32 Å². The molecule has 0 bridgehead atoms. The predicted molar refractivity (Wildman–Crippen MR) is 44.9 cm³/mol. The highest BCUT2D eigenvalue weighted by Crippen LogP contribution is 1.94. The number of carboxylic acid groups (broad SMARTS) is 1. The lowest BCUT2D eigenvalue weighted by Crippen LogP contribution is -2.28. The van der Waals surface area contributed by atoms with E-state index in [-0.39, 0.29) is 18.9 Å². The number of hydrogen-bond acceptors (Lipinski definition) is 3. The Labute approximate surface area is 71.3 Å². The van der Waals surface area contributed by atoms with Gasteiger partial charge in [0.25, 0.3) is 0 Å². The standard InChI is InChI=1S/C8H13NO3/c1-6(2)3-7(10)4-9-5-8(11)12/h9H,1,3-5H2,2H3,(H,11,12). The van der Waals surface area contributed by atoms with Crippen molar-refractivity contribution in [1.82, 2.24) is 5.32 Å². The molecule has 0 aliphatic heterocycles. The second kappa shape index (κ2) is 5.49. The van der Waals surface area contributed by atoms with E-state index in [1.807, 2.05) is 0 Å². The van der Waals surface area contributed by atoms with Crippen LogP contribution in [0.2, 0.25) is 0 Å². The van der Waals surface area contributed by atoms with Gasteiger partial charge in [0.15, 0.2) is 5.78 Å². The third-order valence-corrected chi connectivity index (χ3v) is 1.10. The van der Waals surface area contributed by atoms with E-state index in [0.29, 0.717) is 6.42 Å². The molecule has 0 aromatic rings. The van der Waals surface area contributed by atoms with Crippen molar-refractivity contribution in [3.05, 3.63) is 12.2 Å². The molecule has 0 radical (unpaired) electrons. The second-order valence-electron chi connectivity index (χ2n) is 2.67. The average Bonchev–Trinajstić information content (AvgIpc) is 1.84. The number of carboxylic acids is 1. The summed E-state index contributed by atoms with van der Waals surface area (Å²) in [5, 5.41) is 10.7. The Morgan fingerprint density at radius 1 is 1.42 bits per heavy atom. The van der Waals surface area contributed by atoms with Gasteiger partial charge in [-0.05, 0) is 6.92 Å². The van der Waals surface area contributed by atoms with Crippen LogP contribution in [0.5, 0.6) is 0 Å². The molecular weight excluding hydrogens is 158 g/mol. The van der Waals surface area contributed by atoms with Crippen LogP contribution in [-0.4, -0.2) is 29.9 Å². The maximum absolute atomic E-state index is 10.9. The minimum atomic E-state index is -0.960. The van der Waals surface area contributed by atoms with Crippen LogP contribution in [0.15, 0.2) is 12.2 Å². The molecule has 2 N–H and O–H groups in total. The summed E-state index contributed by atoms with van der Waals surface area (Å²) in [4.78, 5) is 20.9. The summed E-state index contributed by atoms with van der Waals surface area (Å²) in [6.07, 6.45) is 0.312. The molecule has 0 aliphatic rings. The highest BCUT2D eigenvalue weighted by Gasteiger charge is 2.02. The summed E-state index contributed by atoms with van der Waals surface area (Å²) in [7, 11) is 0. The molecule has 0 amide bonds. The molecule has 0 heterocycles. The Hall–Kier alpha value is -1.16. The van der Waals surface area contributed by atoms with E-state index in [9.17, 15) is 9.59 Å². The maximum Gasteiger partial charge on any atom is 0.317 e. The Morgan fingerprint density at radius 3 is 2.42 bits per heavy atom. The van der Waals surface area contributed by atoms with E-state index in [1.165, 1.54) is 0 Å². The molecule has 0 saturated heterocycles. The van der Waals surface area contributed by atoms with Crippen molar-refractivity contribution in [3.63, 3.8) is 0 Å². The molecular formula is C8H13NO3. The van der Waals surface area contributed by atoms with Crippen molar-refractivity contribution in [1.29, 1.82) is 0 Å². The van der Waals surface area contributed by atoms with Crippen molar-refractivity contribution < 1.29 is 14.7 Å². The van der Waals surface area contributed by atoms with E-state index in [4.69, 9.17) is 5.11 Å². The van der Waals surface area contributed by atoms with Gasteiger partial charge in [-0.2, -0.15) is 0 Å². The molecule has 4 heteroatoms. The highest BCUT2D eigenvalue weighted by molar-refractivity contribution is 5.83. The predicted octanol–water partition coefficient (Wildman–Crippen LogP) is 0.196. The zero-order valence-corrected chi connectivity index (χ0v) is 7.09. The zero-order valence-electron chi connectivity index (χ0n) is 7.09. The van der Waals surface area contributed by atoms with Crippen LogP contribution in [-0.2, 0) is 9.59 Å². The molecule has 0 unspecified atom stereocenters. The first kappa shape index (κ1) is 10.8. The number of Topliss-reactive ketones (excluding diaryl/α,β-unsaturated/α-hetero) is 1. The van der Waals surface area contributed by atoms with Crippen LogP contribution in [0.25, 0.3) is 0 Å². The Kier molecular flexibility index (Phi) is 4.96. The Balaban J connectivity index is 3.44. The average molecular weight is 171 g/mol. The summed E-state index contributed by atoms with van der Waals surface area (Å²) in [6.45, 7) is 5.25. The SMILES string of the molecule is C=C(C)CC(=O)CNCC(=O)O. The molecule has 0 spiro atoms. The molecule has 0 rings (SSSR count). The number of carbonyl (C=O) groups excluding carboxylic acids is 1. The molecule has 0 aromatic carbocycles. The lowest BCUT2D eigenvalue weighted by molar-refractivity contribution is -0.135. The van der Waals surface area contributed by atoms with Gasteiger partial charge in [0.05, 0.1) is 13.1 Å². The third-order valence-electron chi connectivity index (χ3n) is 1.10. The largest absolute Gasteiger partial charge is 0.480 e. The minimum absolute atomic E-state index is 0.0382. The van der Waals surface area contributed by atoms with E-state index in [2.05, 4.69) is 11.9 Å². The molecule has 0 aliphatic carbocycles. The van der Waals surface area contributed by atoms with Gasteiger partial charge in [0, 0.05) is 6.42 Å². The minimum Gasteiger partial charge on any atom is -0.480 e. The number of aliphatic carboxylic acids is 1. The number of allylic oxidation sites excluding steroid dienone is 1. The number of ketones is 1. The smallest absolute Gasteiger partial charge is 0.317 e. The Bertz CT molecular complexity index is 198. The molecule has 0 saturated carbocycles. The first-order valence-electron chi connectivity index (χ1n) is 3.61. The first-order valence-corrected chi connectivity index (χ1v) is 3.61. The normalized spacial score (nSPS) is 9.42. The van der Waals surface area contributed by atoms with E-state index < -0.39 is 5.97 Å². The molecule has 0 fully saturated rings. The van der Waals surface area contributed by atoms with Gasteiger partial charge >= 0.3 is 5.97 Å². The quantitative estimate of drug-likeness (QED) is 0.560. The second-order valence-corrected chi connectivity index (χ2v) is 2.67. The number of carbonyl (C=O) groups is 2. The number of nitrogens with one attached hydrogen (secondary N) is 1. The molecule has 0 atom stereocenters. The van der Waals surface area contributed by atoms with E-state index in [0.717, 1.165) is 5.57 Å². The Morgan fingerprint density at radius 2 is 2.00 bits per heavy atom. The van der Waals surface area contributed by atoms with Gasteiger partial charge < -0.3 is 10.4 Å². The highest BCUT2D eigenvalue weighted by atomic mass is 16.4. The van der Waals surface area contributed by atoms with Crippen LogP contribution in [0.1, 0.15) is 13.3 Å². The molecule has 0 aromatic heterocycles. The summed E-state index contributed by atoms with van der Waals surface area (Å²) in [5.41, 5.74) is 0.789. The van der Waals surface area contributed by atoms with Gasteiger partial charge in [-0.15, -0.1) is 0 Å². The summed E-state index contributed by atoms with van der Waals surface area (Å²) >= 11 is 0. The molecule has 4 nitrogen and oxygen atoms in total. The van der Waals surface area contributed by atoms with Gasteiger partial charge in [-0.1, -0.05) is 12.2 Å². The van der Waals surface area contributed by atoms with Crippen LogP contribution >= 0.6 is 0 Å². The first-order chi connectivity index (χ1) is 5.52. The van der Waals surface area contributed by atoms with Crippen molar-refractivity contribution in [3.8, 4) is 0 Å². The number of hydrogen-bond donors (Lipinski definition) is 2. The fourth-order valence-electron chi connectivity index (χ4n) is 0.708. The lowest BCUT2D eigenvalue weighted by atomic mass is 10.2. The number of rotatable bonds is 6. The van der Waals surface area contributed by atoms with E-state index >= 15 is 0 Å². The molecule has 68 valence electrons. The van der Waals surface area contributed by atoms with Crippen LogP contribution in [0, 0.1) is 0 Å². The fraction of sp³-hybridized carbons (Fsp3) is 0.500.